The van der Waals surface area contributed by atoms with Crippen molar-refractivity contribution in [1.29, 1.82) is 0 Å². The maximum Gasteiger partial charge on any atom is 0.342 e. The van der Waals surface area contributed by atoms with Gasteiger partial charge in [-0.05, 0) is 43.2 Å². The van der Waals surface area contributed by atoms with E-state index in [4.69, 9.17) is 4.74 Å². The van der Waals surface area contributed by atoms with Crippen molar-refractivity contribution in [1.82, 2.24) is 0 Å². The zero-order valence-electron chi connectivity index (χ0n) is 11.3. The van der Waals surface area contributed by atoms with Crippen LogP contribution in [0.15, 0.2) is 46.9 Å². The van der Waals surface area contributed by atoms with E-state index in [1.54, 1.807) is 26.0 Å². The quantitative estimate of drug-likeness (QED) is 0.847. The van der Waals surface area contributed by atoms with E-state index >= 15 is 0 Å². The molecule has 0 radical (unpaired) electrons. The largest absolute Gasteiger partial charge is 0.507 e. The molecule has 20 heavy (non-hydrogen) atoms. The fourth-order valence-corrected chi connectivity index (χ4v) is 2.16. The average Bonchev–Trinajstić information content (AvgIpc) is 2.38. The van der Waals surface area contributed by atoms with Crippen LogP contribution in [0.1, 0.15) is 24.2 Å². The summed E-state index contributed by atoms with van der Waals surface area (Å²) < 4.78 is 6.15. The minimum atomic E-state index is -0.518. The number of phenolic OH excluding ortho intramolecular Hbond substituents is 1. The van der Waals surface area contributed by atoms with Crippen molar-refractivity contribution in [3.8, 4) is 16.9 Å². The van der Waals surface area contributed by atoms with Crippen LogP contribution in [0.3, 0.4) is 0 Å². The lowest BCUT2D eigenvalue weighted by molar-refractivity contribution is 0.0375. The molecule has 0 bridgehead atoms. The van der Waals surface area contributed by atoms with E-state index in [0.29, 0.717) is 5.56 Å². The van der Waals surface area contributed by atoms with Crippen molar-refractivity contribution in [2.24, 2.45) is 0 Å². The molecule has 0 aromatic heterocycles. The molecule has 0 fully saturated rings. The number of carbonyl (C=O) groups excluding carboxylic acids is 1. The molecule has 0 aliphatic carbocycles. The lowest BCUT2D eigenvalue weighted by atomic mass is 9.99. The molecule has 3 nitrogen and oxygen atoms in total. The van der Waals surface area contributed by atoms with E-state index in [1.165, 1.54) is 6.07 Å². The van der Waals surface area contributed by atoms with Crippen LogP contribution in [0.4, 0.5) is 0 Å². The summed E-state index contributed by atoms with van der Waals surface area (Å²) in [7, 11) is 0. The second-order valence-electron chi connectivity index (χ2n) is 4.66. The van der Waals surface area contributed by atoms with E-state index < -0.39 is 5.97 Å². The Hall–Kier alpha value is -1.81. The molecule has 1 N–H and O–H groups in total. The standard InChI is InChI=1S/C16H15BrO3/c1-10(2)20-16(19)15-13(4-3-5-14(15)18)11-6-8-12(17)9-7-11/h3-10,18H,1-2H3. The van der Waals surface area contributed by atoms with Gasteiger partial charge in [0.15, 0.2) is 0 Å². The number of hydrogen-bond donors (Lipinski definition) is 1. The van der Waals surface area contributed by atoms with E-state index in [2.05, 4.69) is 15.9 Å². The molecular formula is C16H15BrO3. The molecule has 4 heteroatoms. The Balaban J connectivity index is 2.51. The Morgan fingerprint density at radius 1 is 1.15 bits per heavy atom. The Labute approximate surface area is 126 Å². The second kappa shape index (κ2) is 6.09. The molecule has 0 atom stereocenters. The highest BCUT2D eigenvalue weighted by atomic mass is 79.9. The van der Waals surface area contributed by atoms with Gasteiger partial charge in [0.25, 0.3) is 0 Å². The van der Waals surface area contributed by atoms with Gasteiger partial charge in [-0.1, -0.05) is 40.2 Å². The van der Waals surface area contributed by atoms with Gasteiger partial charge in [-0.15, -0.1) is 0 Å². The van der Waals surface area contributed by atoms with Crippen LogP contribution >= 0.6 is 15.9 Å². The maximum absolute atomic E-state index is 12.1. The summed E-state index contributed by atoms with van der Waals surface area (Å²) in [6.45, 7) is 3.55. The Kier molecular flexibility index (Phi) is 4.45. The van der Waals surface area contributed by atoms with Crippen molar-refractivity contribution in [3.05, 3.63) is 52.5 Å². The summed E-state index contributed by atoms with van der Waals surface area (Å²) in [6.07, 6.45) is -0.236. The van der Waals surface area contributed by atoms with Crippen LogP contribution in [-0.2, 0) is 4.74 Å². The number of ether oxygens (including phenoxy) is 1. The molecule has 0 saturated carbocycles. The number of esters is 1. The smallest absolute Gasteiger partial charge is 0.342 e. The molecule has 0 saturated heterocycles. The molecule has 0 heterocycles. The van der Waals surface area contributed by atoms with Gasteiger partial charge in [0.2, 0.25) is 0 Å². The SMILES string of the molecule is CC(C)OC(=O)c1c(O)cccc1-c1ccc(Br)cc1. The average molecular weight is 335 g/mol. The van der Waals surface area contributed by atoms with Crippen molar-refractivity contribution in [2.45, 2.75) is 20.0 Å². The summed E-state index contributed by atoms with van der Waals surface area (Å²) in [5.41, 5.74) is 1.70. The summed E-state index contributed by atoms with van der Waals surface area (Å²) in [5.74, 6) is -0.591. The Bertz CT molecular complexity index is 618. The molecule has 2 aromatic rings. The number of halogens is 1. The van der Waals surface area contributed by atoms with Gasteiger partial charge in [-0.25, -0.2) is 4.79 Å². The zero-order chi connectivity index (χ0) is 14.7. The number of benzene rings is 2. The molecule has 0 aliphatic heterocycles. The van der Waals surface area contributed by atoms with Crippen LogP contribution in [0.2, 0.25) is 0 Å². The van der Waals surface area contributed by atoms with Gasteiger partial charge < -0.3 is 9.84 Å². The first-order chi connectivity index (χ1) is 9.49. The minimum absolute atomic E-state index is 0.0731. The molecule has 0 aliphatic rings. The summed E-state index contributed by atoms with van der Waals surface area (Å²) in [4.78, 5) is 12.1. The highest BCUT2D eigenvalue weighted by Gasteiger charge is 2.19. The van der Waals surface area contributed by atoms with Crippen LogP contribution in [0, 0.1) is 0 Å². The van der Waals surface area contributed by atoms with Gasteiger partial charge in [-0.2, -0.15) is 0 Å². The minimum Gasteiger partial charge on any atom is -0.507 e. The number of aromatic hydroxyl groups is 1. The van der Waals surface area contributed by atoms with E-state index in [-0.39, 0.29) is 17.4 Å². The molecule has 0 amide bonds. The fourth-order valence-electron chi connectivity index (χ4n) is 1.90. The third kappa shape index (κ3) is 3.20. The first-order valence-electron chi connectivity index (χ1n) is 6.28. The van der Waals surface area contributed by atoms with Crippen molar-refractivity contribution in [2.75, 3.05) is 0 Å². The third-order valence-corrected chi connectivity index (χ3v) is 3.27. The van der Waals surface area contributed by atoms with Gasteiger partial charge in [0.1, 0.15) is 11.3 Å². The predicted molar refractivity (Wildman–Crippen MR) is 81.8 cm³/mol. The molecule has 2 rings (SSSR count). The summed E-state index contributed by atoms with van der Waals surface area (Å²) >= 11 is 3.37. The van der Waals surface area contributed by atoms with Crippen molar-refractivity contribution in [3.63, 3.8) is 0 Å². The van der Waals surface area contributed by atoms with Crippen molar-refractivity contribution >= 4 is 21.9 Å². The molecule has 0 spiro atoms. The second-order valence-corrected chi connectivity index (χ2v) is 5.58. The summed E-state index contributed by atoms with van der Waals surface area (Å²) in [5, 5.41) is 9.98. The van der Waals surface area contributed by atoms with Crippen LogP contribution < -0.4 is 0 Å². The lowest BCUT2D eigenvalue weighted by Gasteiger charge is -2.13. The van der Waals surface area contributed by atoms with E-state index in [9.17, 15) is 9.90 Å². The predicted octanol–water partition coefficient (Wildman–Crippen LogP) is 4.39. The van der Waals surface area contributed by atoms with Gasteiger partial charge in [-0.3, -0.25) is 0 Å². The zero-order valence-corrected chi connectivity index (χ0v) is 12.8. The lowest BCUT2D eigenvalue weighted by Crippen LogP contribution is -2.12. The van der Waals surface area contributed by atoms with Crippen LogP contribution in [-0.4, -0.2) is 17.2 Å². The fraction of sp³-hybridized carbons (Fsp3) is 0.188. The molecule has 0 unspecified atom stereocenters. The maximum atomic E-state index is 12.1. The molecule has 104 valence electrons. The van der Waals surface area contributed by atoms with Gasteiger partial charge in [0, 0.05) is 4.47 Å². The third-order valence-electron chi connectivity index (χ3n) is 2.74. The Morgan fingerprint density at radius 2 is 1.80 bits per heavy atom. The normalized spacial score (nSPS) is 10.6. The van der Waals surface area contributed by atoms with E-state index in [0.717, 1.165) is 10.0 Å². The first-order valence-corrected chi connectivity index (χ1v) is 7.07. The number of hydrogen-bond acceptors (Lipinski definition) is 3. The highest BCUT2D eigenvalue weighted by molar-refractivity contribution is 9.10. The van der Waals surface area contributed by atoms with Crippen LogP contribution in [0.5, 0.6) is 5.75 Å². The topological polar surface area (TPSA) is 46.5 Å². The van der Waals surface area contributed by atoms with E-state index in [1.807, 2.05) is 24.3 Å². The van der Waals surface area contributed by atoms with Crippen LogP contribution in [0.25, 0.3) is 11.1 Å². The number of rotatable bonds is 3. The van der Waals surface area contributed by atoms with Gasteiger partial charge >= 0.3 is 5.97 Å². The molecule has 2 aromatic carbocycles. The molecular weight excluding hydrogens is 320 g/mol. The van der Waals surface area contributed by atoms with Crippen molar-refractivity contribution < 1.29 is 14.6 Å². The number of carbonyl (C=O) groups is 1. The Morgan fingerprint density at radius 3 is 2.40 bits per heavy atom. The highest BCUT2D eigenvalue weighted by Crippen LogP contribution is 2.31. The first kappa shape index (κ1) is 14.6. The van der Waals surface area contributed by atoms with Gasteiger partial charge in [0.05, 0.1) is 6.10 Å². The summed E-state index contributed by atoms with van der Waals surface area (Å²) in [6, 6.07) is 12.5. The monoisotopic (exact) mass is 334 g/mol. The number of phenols is 1.